The largest absolute Gasteiger partial charge is 0.335 e. The Morgan fingerprint density at radius 1 is 1.03 bits per heavy atom. The predicted octanol–water partition coefficient (Wildman–Crippen LogP) is 1.62. The molecular formula is C22H30N4O3. The lowest BCUT2D eigenvalue weighted by molar-refractivity contribution is -0.163. The average molecular weight is 399 g/mol. The highest BCUT2D eigenvalue weighted by Crippen LogP contribution is 2.24. The van der Waals surface area contributed by atoms with E-state index in [4.69, 9.17) is 0 Å². The van der Waals surface area contributed by atoms with Crippen molar-refractivity contribution in [3.05, 3.63) is 35.9 Å². The van der Waals surface area contributed by atoms with Crippen LogP contribution in [-0.4, -0.2) is 77.4 Å². The molecule has 4 rings (SSSR count). The van der Waals surface area contributed by atoms with Crippen molar-refractivity contribution in [2.45, 2.75) is 56.7 Å². The molecule has 0 radical (unpaired) electrons. The predicted molar refractivity (Wildman–Crippen MR) is 109 cm³/mol. The minimum absolute atomic E-state index is 0.0201. The molecule has 1 saturated carbocycles. The summed E-state index contributed by atoms with van der Waals surface area (Å²) in [6.07, 6.45) is 6.11. The van der Waals surface area contributed by atoms with E-state index in [9.17, 15) is 14.4 Å². The third-order valence-electron chi connectivity index (χ3n) is 6.54. The number of carbonyl (C=O) groups is 3. The maximum Gasteiger partial charge on any atom is 0.317 e. The number of rotatable bonds is 3. The Kier molecular flexibility index (Phi) is 5.74. The van der Waals surface area contributed by atoms with Gasteiger partial charge in [0.2, 0.25) is 11.8 Å². The summed E-state index contributed by atoms with van der Waals surface area (Å²) in [5, 5.41) is 3.12. The van der Waals surface area contributed by atoms with Crippen LogP contribution in [0.1, 0.15) is 37.7 Å². The molecule has 2 heterocycles. The summed E-state index contributed by atoms with van der Waals surface area (Å²) >= 11 is 0. The average Bonchev–Trinajstić information content (AvgIpc) is 2.76. The molecule has 29 heavy (non-hydrogen) atoms. The molecule has 0 aromatic heterocycles. The van der Waals surface area contributed by atoms with Gasteiger partial charge in [-0.3, -0.25) is 9.59 Å². The number of hydrogen-bond donors (Lipinski definition) is 1. The summed E-state index contributed by atoms with van der Waals surface area (Å²) < 4.78 is 0. The maximum atomic E-state index is 13.1. The van der Waals surface area contributed by atoms with Crippen molar-refractivity contribution in [2.75, 3.05) is 26.7 Å². The molecule has 1 aliphatic carbocycles. The fourth-order valence-electron chi connectivity index (χ4n) is 4.76. The molecule has 156 valence electrons. The van der Waals surface area contributed by atoms with E-state index < -0.39 is 12.1 Å². The first kappa shape index (κ1) is 19.7. The van der Waals surface area contributed by atoms with Crippen LogP contribution in [0.15, 0.2) is 30.3 Å². The monoisotopic (exact) mass is 398 g/mol. The van der Waals surface area contributed by atoms with Crippen molar-refractivity contribution >= 4 is 17.8 Å². The summed E-state index contributed by atoms with van der Waals surface area (Å²) in [7, 11) is 1.70. The molecule has 0 bridgehead atoms. The number of fused-ring (bicyclic) bond motifs is 1. The summed E-state index contributed by atoms with van der Waals surface area (Å²) in [5.74, 6) is -0.103. The van der Waals surface area contributed by atoms with Crippen molar-refractivity contribution in [2.24, 2.45) is 0 Å². The van der Waals surface area contributed by atoms with E-state index in [1.54, 1.807) is 21.7 Å². The number of likely N-dealkylation sites (N-methyl/N-ethyl adjacent to an activating group) is 1. The molecule has 7 heteroatoms. The van der Waals surface area contributed by atoms with Crippen molar-refractivity contribution < 1.29 is 14.4 Å². The Bertz CT molecular complexity index is 763. The first-order valence-corrected chi connectivity index (χ1v) is 10.7. The topological polar surface area (TPSA) is 73.0 Å². The Hall–Kier alpha value is -2.57. The summed E-state index contributed by atoms with van der Waals surface area (Å²) in [4.78, 5) is 43.8. The molecule has 3 fully saturated rings. The lowest BCUT2D eigenvalue weighted by Crippen LogP contribution is -2.70. The van der Waals surface area contributed by atoms with Crippen LogP contribution >= 0.6 is 0 Å². The van der Waals surface area contributed by atoms with Gasteiger partial charge in [-0.15, -0.1) is 0 Å². The van der Waals surface area contributed by atoms with E-state index in [0.717, 1.165) is 31.2 Å². The van der Waals surface area contributed by atoms with Gasteiger partial charge >= 0.3 is 6.03 Å². The smallest absolute Gasteiger partial charge is 0.317 e. The van der Waals surface area contributed by atoms with Crippen molar-refractivity contribution in [3.8, 4) is 0 Å². The van der Waals surface area contributed by atoms with E-state index in [0.29, 0.717) is 19.5 Å². The van der Waals surface area contributed by atoms with Crippen molar-refractivity contribution in [1.82, 2.24) is 20.0 Å². The van der Waals surface area contributed by atoms with Gasteiger partial charge in [0, 0.05) is 32.6 Å². The van der Waals surface area contributed by atoms with Crippen LogP contribution in [0.2, 0.25) is 0 Å². The molecule has 1 aromatic carbocycles. The van der Waals surface area contributed by atoms with Crippen LogP contribution in [-0.2, 0) is 16.0 Å². The lowest BCUT2D eigenvalue weighted by atomic mass is 9.95. The van der Waals surface area contributed by atoms with E-state index in [-0.39, 0.29) is 30.4 Å². The molecule has 2 atom stereocenters. The van der Waals surface area contributed by atoms with E-state index >= 15 is 0 Å². The highest BCUT2D eigenvalue weighted by molar-refractivity contribution is 5.97. The molecule has 0 spiro atoms. The Morgan fingerprint density at radius 3 is 2.48 bits per heavy atom. The zero-order valence-corrected chi connectivity index (χ0v) is 17.0. The van der Waals surface area contributed by atoms with Gasteiger partial charge in [-0.1, -0.05) is 49.6 Å². The van der Waals surface area contributed by atoms with Crippen molar-refractivity contribution in [1.29, 1.82) is 0 Å². The van der Waals surface area contributed by atoms with Gasteiger partial charge in [-0.05, 0) is 18.4 Å². The van der Waals surface area contributed by atoms with Crippen LogP contribution < -0.4 is 5.32 Å². The van der Waals surface area contributed by atoms with E-state index in [1.807, 2.05) is 30.3 Å². The lowest BCUT2D eigenvalue weighted by Gasteiger charge is -2.48. The second-order valence-corrected chi connectivity index (χ2v) is 8.43. The molecule has 4 amide bonds. The van der Waals surface area contributed by atoms with E-state index in [2.05, 4.69) is 5.32 Å². The zero-order valence-electron chi connectivity index (χ0n) is 17.0. The summed E-state index contributed by atoms with van der Waals surface area (Å²) in [6.45, 7) is 1.15. The SMILES string of the molecule is CN1C(=O)[C@H]2CN(C(=O)NC3CCCCC3)CCN2C(=O)[C@@H]1Cc1ccccc1. The maximum absolute atomic E-state index is 13.1. The number of amides is 4. The first-order valence-electron chi connectivity index (χ1n) is 10.7. The van der Waals surface area contributed by atoms with Gasteiger partial charge < -0.3 is 20.0 Å². The quantitative estimate of drug-likeness (QED) is 0.841. The number of nitrogens with one attached hydrogen (secondary N) is 1. The fraction of sp³-hybridized carbons (Fsp3) is 0.591. The minimum Gasteiger partial charge on any atom is -0.335 e. The number of piperazine rings is 2. The first-order chi connectivity index (χ1) is 14.0. The molecule has 3 aliphatic rings. The number of nitrogens with zero attached hydrogens (tertiary/aromatic N) is 3. The Balaban J connectivity index is 1.41. The molecule has 7 nitrogen and oxygen atoms in total. The number of carbonyl (C=O) groups excluding carboxylic acids is 3. The third kappa shape index (κ3) is 4.09. The molecule has 2 aliphatic heterocycles. The molecule has 1 N–H and O–H groups in total. The van der Waals surface area contributed by atoms with E-state index in [1.165, 1.54) is 6.42 Å². The van der Waals surface area contributed by atoms with Crippen LogP contribution in [0, 0.1) is 0 Å². The van der Waals surface area contributed by atoms with Gasteiger partial charge in [-0.25, -0.2) is 4.79 Å². The number of hydrogen-bond acceptors (Lipinski definition) is 3. The molecule has 2 saturated heterocycles. The zero-order chi connectivity index (χ0) is 20.4. The highest BCUT2D eigenvalue weighted by Gasteiger charge is 2.47. The van der Waals surface area contributed by atoms with Gasteiger partial charge in [0.15, 0.2) is 0 Å². The van der Waals surface area contributed by atoms with Gasteiger partial charge in [0.05, 0.1) is 6.54 Å². The number of benzene rings is 1. The summed E-state index contributed by atoms with van der Waals surface area (Å²) in [6, 6.07) is 8.84. The molecule has 0 unspecified atom stereocenters. The van der Waals surface area contributed by atoms with Crippen molar-refractivity contribution in [3.63, 3.8) is 0 Å². The van der Waals surface area contributed by atoms with Crippen LogP contribution in [0.3, 0.4) is 0 Å². The highest BCUT2D eigenvalue weighted by atomic mass is 16.2. The van der Waals surface area contributed by atoms with Crippen LogP contribution in [0.4, 0.5) is 4.79 Å². The van der Waals surface area contributed by atoms with Crippen LogP contribution in [0.5, 0.6) is 0 Å². The second-order valence-electron chi connectivity index (χ2n) is 8.43. The standard InChI is InChI=1S/C22H30N4O3/c1-24-18(14-16-8-4-2-5-9-16)21(28)26-13-12-25(15-19(26)20(24)27)22(29)23-17-10-6-3-7-11-17/h2,4-5,8-9,17-19H,3,6-7,10-15H2,1H3,(H,23,29)/t18-,19+/m0/s1. The Labute approximate surface area is 172 Å². The van der Waals surface area contributed by atoms with Gasteiger partial charge in [0.1, 0.15) is 12.1 Å². The summed E-state index contributed by atoms with van der Waals surface area (Å²) in [5.41, 5.74) is 1.04. The molecule has 1 aromatic rings. The third-order valence-corrected chi connectivity index (χ3v) is 6.54. The second kappa shape index (κ2) is 8.43. The fourth-order valence-corrected chi connectivity index (χ4v) is 4.76. The minimum atomic E-state index is -0.578. The van der Waals surface area contributed by atoms with Gasteiger partial charge in [0.25, 0.3) is 0 Å². The normalized spacial score (nSPS) is 25.8. The van der Waals surface area contributed by atoms with Crippen LogP contribution in [0.25, 0.3) is 0 Å². The Morgan fingerprint density at radius 2 is 1.76 bits per heavy atom. The number of urea groups is 1. The molecular weight excluding hydrogens is 368 g/mol. The van der Waals surface area contributed by atoms with Gasteiger partial charge in [-0.2, -0.15) is 0 Å².